The summed E-state index contributed by atoms with van der Waals surface area (Å²) < 4.78 is 0. The van der Waals surface area contributed by atoms with Gasteiger partial charge in [-0.2, -0.15) is 0 Å². The number of carbonyl (C=O) groups excluding carboxylic acids is 1. The van der Waals surface area contributed by atoms with E-state index in [1.807, 2.05) is 24.0 Å². The van der Waals surface area contributed by atoms with Gasteiger partial charge >= 0.3 is 0 Å². The fourth-order valence-corrected chi connectivity index (χ4v) is 3.74. The molecule has 2 atom stereocenters. The number of aromatic hydroxyl groups is 1. The van der Waals surface area contributed by atoms with Crippen molar-refractivity contribution >= 4 is 5.91 Å². The Bertz CT molecular complexity index is 553. The van der Waals surface area contributed by atoms with Crippen molar-refractivity contribution in [1.29, 1.82) is 0 Å². The normalized spacial score (nSPS) is 27.6. The molecule has 1 aromatic rings. The molecular weight excluding hydrogens is 252 g/mol. The summed E-state index contributed by atoms with van der Waals surface area (Å²) in [6.07, 6.45) is 0. The van der Waals surface area contributed by atoms with Crippen molar-refractivity contribution in [3.63, 3.8) is 0 Å². The monoisotopic (exact) mass is 274 g/mol. The maximum absolute atomic E-state index is 12.8. The predicted octanol–water partition coefficient (Wildman–Crippen LogP) is 1.77. The van der Waals surface area contributed by atoms with Crippen molar-refractivity contribution < 1.29 is 9.90 Å². The van der Waals surface area contributed by atoms with Gasteiger partial charge < -0.3 is 15.3 Å². The number of likely N-dealkylation sites (tertiary alicyclic amines) is 1. The van der Waals surface area contributed by atoms with Gasteiger partial charge in [-0.15, -0.1) is 0 Å². The number of nitrogens with zero attached hydrogens (tertiary/aromatic N) is 1. The number of para-hydroxylation sites is 1. The van der Waals surface area contributed by atoms with E-state index < -0.39 is 0 Å². The number of rotatable bonds is 1. The molecule has 3 rings (SSSR count). The fourth-order valence-electron chi connectivity index (χ4n) is 3.74. The molecular formula is C16H22N2O2. The van der Waals surface area contributed by atoms with Gasteiger partial charge in [-0.3, -0.25) is 4.79 Å². The van der Waals surface area contributed by atoms with Crippen LogP contribution in [0.15, 0.2) is 18.2 Å². The van der Waals surface area contributed by atoms with Gasteiger partial charge in [0.2, 0.25) is 0 Å². The second kappa shape index (κ2) is 4.48. The molecule has 2 aliphatic rings. The van der Waals surface area contributed by atoms with Crippen LogP contribution in [0.1, 0.15) is 29.8 Å². The van der Waals surface area contributed by atoms with Crippen molar-refractivity contribution in [1.82, 2.24) is 10.2 Å². The van der Waals surface area contributed by atoms with Gasteiger partial charge in [0.15, 0.2) is 0 Å². The number of fused-ring (bicyclic) bond motifs is 1. The minimum Gasteiger partial charge on any atom is -0.507 e. The van der Waals surface area contributed by atoms with Gasteiger partial charge in [0.05, 0.1) is 5.56 Å². The van der Waals surface area contributed by atoms with E-state index in [0.717, 1.165) is 25.2 Å². The Hall–Kier alpha value is -1.55. The van der Waals surface area contributed by atoms with Crippen molar-refractivity contribution in [2.24, 2.45) is 11.8 Å². The lowest BCUT2D eigenvalue weighted by atomic mass is 9.84. The van der Waals surface area contributed by atoms with E-state index >= 15 is 0 Å². The molecule has 0 spiro atoms. The lowest BCUT2D eigenvalue weighted by Gasteiger charge is -2.35. The van der Waals surface area contributed by atoms with Crippen LogP contribution in [-0.4, -0.2) is 41.1 Å². The molecule has 2 aliphatic heterocycles. The average Bonchev–Trinajstić information content (AvgIpc) is 2.95. The Labute approximate surface area is 119 Å². The van der Waals surface area contributed by atoms with Crippen LogP contribution in [0.2, 0.25) is 0 Å². The van der Waals surface area contributed by atoms with Crippen LogP contribution in [0.25, 0.3) is 0 Å². The third kappa shape index (κ3) is 1.82. The number of phenolic OH excluding ortho intramolecular Hbond substituents is 1. The van der Waals surface area contributed by atoms with Gasteiger partial charge in [-0.25, -0.2) is 0 Å². The molecule has 4 nitrogen and oxygen atoms in total. The Morgan fingerprint density at radius 2 is 2.15 bits per heavy atom. The van der Waals surface area contributed by atoms with E-state index in [-0.39, 0.29) is 17.2 Å². The van der Waals surface area contributed by atoms with E-state index in [0.29, 0.717) is 17.4 Å². The van der Waals surface area contributed by atoms with Gasteiger partial charge in [0, 0.05) is 25.2 Å². The van der Waals surface area contributed by atoms with Crippen molar-refractivity contribution in [2.45, 2.75) is 26.3 Å². The fraction of sp³-hybridized carbons (Fsp3) is 0.562. The molecule has 2 N–H and O–H groups in total. The molecule has 2 unspecified atom stereocenters. The quantitative estimate of drug-likeness (QED) is 0.820. The number of nitrogens with one attached hydrogen (secondary N) is 1. The lowest BCUT2D eigenvalue weighted by molar-refractivity contribution is 0.0600. The van der Waals surface area contributed by atoms with Crippen molar-refractivity contribution in [3.05, 3.63) is 29.3 Å². The van der Waals surface area contributed by atoms with Crippen LogP contribution in [-0.2, 0) is 0 Å². The number of aryl methyl sites for hydroxylation is 1. The first-order valence-corrected chi connectivity index (χ1v) is 7.24. The number of amides is 1. The Morgan fingerprint density at radius 1 is 1.40 bits per heavy atom. The van der Waals surface area contributed by atoms with Crippen LogP contribution in [0.5, 0.6) is 5.75 Å². The van der Waals surface area contributed by atoms with Gasteiger partial charge in [-0.1, -0.05) is 12.1 Å². The first kappa shape index (κ1) is 13.4. The zero-order valence-corrected chi connectivity index (χ0v) is 12.3. The molecule has 2 saturated heterocycles. The minimum atomic E-state index is -0.165. The standard InChI is InChI=1S/C16H22N2O2/c1-10-5-4-6-12(14(10)19)15(20)18-9-11-7-17-8-13(11)16(18,2)3/h4-6,11,13,17,19H,7-9H2,1-3H3. The molecule has 1 amide bonds. The number of phenols is 1. The molecule has 0 bridgehead atoms. The predicted molar refractivity (Wildman–Crippen MR) is 77.8 cm³/mol. The first-order chi connectivity index (χ1) is 9.43. The summed E-state index contributed by atoms with van der Waals surface area (Å²) in [5, 5.41) is 13.6. The summed E-state index contributed by atoms with van der Waals surface area (Å²) >= 11 is 0. The summed E-state index contributed by atoms with van der Waals surface area (Å²) in [7, 11) is 0. The largest absolute Gasteiger partial charge is 0.507 e. The van der Waals surface area contributed by atoms with Gasteiger partial charge in [0.25, 0.3) is 5.91 Å². The van der Waals surface area contributed by atoms with Crippen LogP contribution in [0.4, 0.5) is 0 Å². The van der Waals surface area contributed by atoms with Gasteiger partial charge in [0.1, 0.15) is 5.75 Å². The first-order valence-electron chi connectivity index (χ1n) is 7.24. The highest BCUT2D eigenvalue weighted by Crippen LogP contribution is 2.41. The highest BCUT2D eigenvalue weighted by Gasteiger charge is 2.51. The molecule has 0 aliphatic carbocycles. The summed E-state index contributed by atoms with van der Waals surface area (Å²) in [5.41, 5.74) is 1.00. The zero-order valence-electron chi connectivity index (χ0n) is 12.3. The van der Waals surface area contributed by atoms with Crippen LogP contribution in [0.3, 0.4) is 0 Å². The topological polar surface area (TPSA) is 52.6 Å². The third-order valence-corrected chi connectivity index (χ3v) is 5.07. The van der Waals surface area contributed by atoms with Crippen LogP contribution in [0, 0.1) is 18.8 Å². The van der Waals surface area contributed by atoms with E-state index in [2.05, 4.69) is 19.2 Å². The van der Waals surface area contributed by atoms with Crippen molar-refractivity contribution in [2.75, 3.05) is 19.6 Å². The van der Waals surface area contributed by atoms with Gasteiger partial charge in [-0.05, 0) is 44.2 Å². The molecule has 0 radical (unpaired) electrons. The SMILES string of the molecule is Cc1cccc(C(=O)N2CC3CNCC3C2(C)C)c1O. The maximum atomic E-state index is 12.8. The molecule has 2 fully saturated rings. The molecule has 20 heavy (non-hydrogen) atoms. The number of hydrogen-bond acceptors (Lipinski definition) is 3. The molecule has 1 aromatic carbocycles. The lowest BCUT2D eigenvalue weighted by Crippen LogP contribution is -2.47. The Balaban J connectivity index is 1.93. The molecule has 108 valence electrons. The van der Waals surface area contributed by atoms with Crippen LogP contribution < -0.4 is 5.32 Å². The van der Waals surface area contributed by atoms with Crippen LogP contribution >= 0.6 is 0 Å². The van der Waals surface area contributed by atoms with E-state index in [4.69, 9.17) is 0 Å². The van der Waals surface area contributed by atoms with Crippen molar-refractivity contribution in [3.8, 4) is 5.75 Å². The summed E-state index contributed by atoms with van der Waals surface area (Å²) in [5.74, 6) is 1.09. The smallest absolute Gasteiger partial charge is 0.258 e. The Kier molecular flexibility index (Phi) is 3.01. The molecule has 0 saturated carbocycles. The Morgan fingerprint density at radius 3 is 2.85 bits per heavy atom. The number of hydrogen-bond donors (Lipinski definition) is 2. The summed E-state index contributed by atoms with van der Waals surface area (Å²) in [6, 6.07) is 5.36. The highest BCUT2D eigenvalue weighted by atomic mass is 16.3. The second-order valence-electron chi connectivity index (χ2n) is 6.57. The summed E-state index contributed by atoms with van der Waals surface area (Å²) in [6.45, 7) is 8.82. The maximum Gasteiger partial charge on any atom is 0.258 e. The second-order valence-corrected chi connectivity index (χ2v) is 6.57. The number of benzene rings is 1. The summed E-state index contributed by atoms with van der Waals surface area (Å²) in [4.78, 5) is 14.8. The van der Waals surface area contributed by atoms with E-state index in [9.17, 15) is 9.90 Å². The minimum absolute atomic E-state index is 0.0504. The zero-order chi connectivity index (χ0) is 14.5. The highest BCUT2D eigenvalue weighted by molar-refractivity contribution is 5.98. The third-order valence-electron chi connectivity index (χ3n) is 5.07. The number of carbonyl (C=O) groups is 1. The molecule has 4 heteroatoms. The van der Waals surface area contributed by atoms with E-state index in [1.165, 1.54) is 0 Å². The van der Waals surface area contributed by atoms with E-state index in [1.54, 1.807) is 6.07 Å². The average molecular weight is 274 g/mol. The molecule has 2 heterocycles. The molecule has 0 aromatic heterocycles.